The van der Waals surface area contributed by atoms with Crippen molar-refractivity contribution in [2.24, 2.45) is 0 Å². The molecule has 2 nitrogen and oxygen atoms in total. The first-order valence-electron chi connectivity index (χ1n) is 5.55. The lowest BCUT2D eigenvalue weighted by Crippen LogP contribution is -2.35. The number of carbonyl (C=O) groups excluding carboxylic acids is 1. The second-order valence-corrected chi connectivity index (χ2v) is 5.64. The molecule has 0 radical (unpaired) electrons. The molecule has 1 fully saturated rings. The Kier molecular flexibility index (Phi) is 3.10. The standard InChI is InChI=1S/C12H17NOS/c1-9-8-11(10(2)15-9)12(14)13-6-4-3-5-7-13/h8H,3-7H2,1-2H3. The summed E-state index contributed by atoms with van der Waals surface area (Å²) in [5.74, 6) is 0.233. The van der Waals surface area contributed by atoms with E-state index in [0.29, 0.717) is 0 Å². The Morgan fingerprint density at radius 1 is 1.27 bits per heavy atom. The van der Waals surface area contributed by atoms with E-state index in [9.17, 15) is 4.79 Å². The summed E-state index contributed by atoms with van der Waals surface area (Å²) < 4.78 is 0. The fourth-order valence-electron chi connectivity index (χ4n) is 2.11. The Hall–Kier alpha value is -0.830. The van der Waals surface area contributed by atoms with Gasteiger partial charge in [0, 0.05) is 22.8 Å². The third-order valence-corrected chi connectivity index (χ3v) is 3.88. The first-order valence-corrected chi connectivity index (χ1v) is 6.36. The molecule has 0 atom stereocenters. The Morgan fingerprint density at radius 2 is 1.93 bits per heavy atom. The zero-order valence-electron chi connectivity index (χ0n) is 9.38. The third kappa shape index (κ3) is 2.23. The van der Waals surface area contributed by atoms with Crippen LogP contribution >= 0.6 is 11.3 Å². The first-order chi connectivity index (χ1) is 7.18. The molecule has 0 aliphatic carbocycles. The van der Waals surface area contributed by atoms with E-state index in [1.165, 1.54) is 11.3 Å². The molecule has 1 aliphatic heterocycles. The minimum Gasteiger partial charge on any atom is -0.339 e. The van der Waals surface area contributed by atoms with Crippen LogP contribution in [0.1, 0.15) is 39.4 Å². The summed E-state index contributed by atoms with van der Waals surface area (Å²) in [7, 11) is 0. The largest absolute Gasteiger partial charge is 0.339 e. The molecule has 1 aromatic heterocycles. The average molecular weight is 223 g/mol. The normalized spacial score (nSPS) is 16.8. The van der Waals surface area contributed by atoms with Crippen molar-refractivity contribution in [2.75, 3.05) is 13.1 Å². The topological polar surface area (TPSA) is 20.3 Å². The van der Waals surface area contributed by atoms with Crippen LogP contribution in [0.3, 0.4) is 0 Å². The van der Waals surface area contributed by atoms with Crippen molar-refractivity contribution < 1.29 is 4.79 Å². The Balaban J connectivity index is 2.16. The molecule has 0 saturated carbocycles. The molecule has 3 heteroatoms. The number of carbonyl (C=O) groups is 1. The van der Waals surface area contributed by atoms with Crippen molar-refractivity contribution in [3.63, 3.8) is 0 Å². The summed E-state index contributed by atoms with van der Waals surface area (Å²) in [6.45, 7) is 5.97. The van der Waals surface area contributed by atoms with Crippen LogP contribution < -0.4 is 0 Å². The Bertz CT molecular complexity index is 364. The monoisotopic (exact) mass is 223 g/mol. The Morgan fingerprint density at radius 3 is 2.47 bits per heavy atom. The van der Waals surface area contributed by atoms with Gasteiger partial charge in [-0.15, -0.1) is 11.3 Å². The molecule has 1 amide bonds. The summed E-state index contributed by atoms with van der Waals surface area (Å²) in [6, 6.07) is 2.02. The molecular weight excluding hydrogens is 206 g/mol. The predicted molar refractivity (Wildman–Crippen MR) is 63.5 cm³/mol. The van der Waals surface area contributed by atoms with Gasteiger partial charge in [0.25, 0.3) is 5.91 Å². The van der Waals surface area contributed by atoms with Crippen molar-refractivity contribution in [3.05, 3.63) is 21.4 Å². The van der Waals surface area contributed by atoms with Gasteiger partial charge in [-0.2, -0.15) is 0 Å². The molecule has 0 aromatic carbocycles. The quantitative estimate of drug-likeness (QED) is 0.716. The highest BCUT2D eigenvalue weighted by atomic mass is 32.1. The Labute approximate surface area is 94.9 Å². The number of thiophene rings is 1. The minimum atomic E-state index is 0.233. The highest BCUT2D eigenvalue weighted by Gasteiger charge is 2.20. The molecule has 2 rings (SSSR count). The van der Waals surface area contributed by atoms with Gasteiger partial charge in [-0.1, -0.05) is 0 Å². The van der Waals surface area contributed by atoms with E-state index in [1.807, 2.05) is 17.9 Å². The van der Waals surface area contributed by atoms with Crippen LogP contribution in [0.5, 0.6) is 0 Å². The van der Waals surface area contributed by atoms with Crippen molar-refractivity contribution in [2.45, 2.75) is 33.1 Å². The van der Waals surface area contributed by atoms with Crippen molar-refractivity contribution in [1.82, 2.24) is 4.90 Å². The summed E-state index contributed by atoms with van der Waals surface area (Å²) in [4.78, 5) is 16.5. The van der Waals surface area contributed by atoms with Crippen LogP contribution in [-0.4, -0.2) is 23.9 Å². The zero-order valence-corrected chi connectivity index (χ0v) is 10.2. The predicted octanol–water partition coefficient (Wildman–Crippen LogP) is 2.99. The van der Waals surface area contributed by atoms with E-state index in [0.717, 1.165) is 36.4 Å². The van der Waals surface area contributed by atoms with Gasteiger partial charge in [0.1, 0.15) is 0 Å². The van der Waals surface area contributed by atoms with E-state index < -0.39 is 0 Å². The smallest absolute Gasteiger partial charge is 0.254 e. The highest BCUT2D eigenvalue weighted by molar-refractivity contribution is 7.12. The van der Waals surface area contributed by atoms with Crippen LogP contribution in [0.2, 0.25) is 0 Å². The maximum atomic E-state index is 12.2. The van der Waals surface area contributed by atoms with Crippen LogP contribution in [0.25, 0.3) is 0 Å². The van der Waals surface area contributed by atoms with E-state index in [2.05, 4.69) is 6.92 Å². The molecule has 0 N–H and O–H groups in total. The second kappa shape index (κ2) is 4.35. The summed E-state index contributed by atoms with van der Waals surface area (Å²) in [5.41, 5.74) is 0.916. The van der Waals surface area contributed by atoms with Gasteiger partial charge in [0.2, 0.25) is 0 Å². The van der Waals surface area contributed by atoms with Crippen LogP contribution in [0, 0.1) is 13.8 Å². The molecule has 0 spiro atoms. The van der Waals surface area contributed by atoms with Gasteiger partial charge in [-0.05, 0) is 39.2 Å². The fourth-order valence-corrected chi connectivity index (χ4v) is 3.03. The number of amides is 1. The number of piperidine rings is 1. The zero-order chi connectivity index (χ0) is 10.8. The van der Waals surface area contributed by atoms with Crippen LogP contribution in [0.15, 0.2) is 6.07 Å². The van der Waals surface area contributed by atoms with E-state index in [1.54, 1.807) is 11.3 Å². The average Bonchev–Trinajstić information content (AvgIpc) is 2.58. The molecule has 0 unspecified atom stereocenters. The fraction of sp³-hybridized carbons (Fsp3) is 0.583. The lowest BCUT2D eigenvalue weighted by atomic mass is 10.1. The third-order valence-electron chi connectivity index (χ3n) is 2.91. The lowest BCUT2D eigenvalue weighted by Gasteiger charge is -2.26. The number of hydrogen-bond donors (Lipinski definition) is 0. The van der Waals surface area contributed by atoms with Gasteiger partial charge in [-0.3, -0.25) is 4.79 Å². The summed E-state index contributed by atoms with van der Waals surface area (Å²) in [5, 5.41) is 0. The summed E-state index contributed by atoms with van der Waals surface area (Å²) in [6.07, 6.45) is 3.59. The molecule has 1 aliphatic rings. The first kappa shape index (κ1) is 10.7. The molecule has 1 aromatic rings. The number of likely N-dealkylation sites (tertiary alicyclic amines) is 1. The lowest BCUT2D eigenvalue weighted by molar-refractivity contribution is 0.0724. The van der Waals surface area contributed by atoms with Crippen LogP contribution in [0.4, 0.5) is 0 Å². The van der Waals surface area contributed by atoms with Crippen molar-refractivity contribution in [1.29, 1.82) is 0 Å². The summed E-state index contributed by atoms with van der Waals surface area (Å²) >= 11 is 1.71. The molecular formula is C12H17NOS. The highest BCUT2D eigenvalue weighted by Crippen LogP contribution is 2.23. The van der Waals surface area contributed by atoms with Gasteiger partial charge in [-0.25, -0.2) is 0 Å². The van der Waals surface area contributed by atoms with E-state index in [-0.39, 0.29) is 5.91 Å². The number of hydrogen-bond acceptors (Lipinski definition) is 2. The van der Waals surface area contributed by atoms with Crippen molar-refractivity contribution in [3.8, 4) is 0 Å². The second-order valence-electron chi connectivity index (χ2n) is 4.18. The maximum Gasteiger partial charge on any atom is 0.254 e. The van der Waals surface area contributed by atoms with Crippen LogP contribution in [-0.2, 0) is 0 Å². The molecule has 1 saturated heterocycles. The van der Waals surface area contributed by atoms with E-state index >= 15 is 0 Å². The number of nitrogens with zero attached hydrogens (tertiary/aromatic N) is 1. The molecule has 0 bridgehead atoms. The maximum absolute atomic E-state index is 12.2. The SMILES string of the molecule is Cc1cc(C(=O)N2CCCCC2)c(C)s1. The number of aryl methyl sites for hydroxylation is 2. The molecule has 2 heterocycles. The van der Waals surface area contributed by atoms with E-state index in [4.69, 9.17) is 0 Å². The molecule has 15 heavy (non-hydrogen) atoms. The van der Waals surface area contributed by atoms with Gasteiger partial charge in [0.15, 0.2) is 0 Å². The number of rotatable bonds is 1. The van der Waals surface area contributed by atoms with Gasteiger partial charge in [0.05, 0.1) is 5.56 Å². The van der Waals surface area contributed by atoms with Gasteiger partial charge < -0.3 is 4.90 Å². The minimum absolute atomic E-state index is 0.233. The van der Waals surface area contributed by atoms with Crippen molar-refractivity contribution >= 4 is 17.2 Å². The molecule has 82 valence electrons. The van der Waals surface area contributed by atoms with Gasteiger partial charge >= 0.3 is 0 Å².